The Bertz CT molecular complexity index is 1470. The van der Waals surface area contributed by atoms with E-state index in [4.69, 9.17) is 4.42 Å². The largest absolute Gasteiger partial charge is 0.480 e. The predicted molar refractivity (Wildman–Crippen MR) is 137 cm³/mol. The molecule has 4 N–H and O–H groups in total. The lowest BCUT2D eigenvalue weighted by molar-refractivity contribution is -0.139. The van der Waals surface area contributed by atoms with Crippen LogP contribution >= 0.6 is 0 Å². The standard InChI is InChI=1S/C26H27N3O6S/c30-25(17-28-18-8-2-1-3-9-18)27-15-7-6-11-22(26(31)32)29-36(33,34)19-13-14-24-21(16-19)20-10-4-5-12-23(20)35-24/h1-5,8-10,12-14,16,22,28-29H,6-7,11,15,17H2,(H,27,30)(H,31,32). The number of carbonyl (C=O) groups is 2. The van der Waals surface area contributed by atoms with E-state index in [1.54, 1.807) is 12.1 Å². The van der Waals surface area contributed by atoms with Gasteiger partial charge in [-0.1, -0.05) is 36.4 Å². The molecule has 0 radical (unpaired) electrons. The Hall–Kier alpha value is -3.89. The molecule has 10 heteroatoms. The summed E-state index contributed by atoms with van der Waals surface area (Å²) in [5, 5.41) is 16.8. The van der Waals surface area contributed by atoms with Gasteiger partial charge in [0.05, 0.1) is 11.4 Å². The van der Waals surface area contributed by atoms with Gasteiger partial charge in [-0.25, -0.2) is 8.42 Å². The van der Waals surface area contributed by atoms with E-state index in [1.165, 1.54) is 12.1 Å². The van der Waals surface area contributed by atoms with Crippen molar-refractivity contribution in [3.8, 4) is 0 Å². The highest BCUT2D eigenvalue weighted by atomic mass is 32.2. The van der Waals surface area contributed by atoms with Crippen LogP contribution in [0.5, 0.6) is 0 Å². The predicted octanol–water partition coefficient (Wildman–Crippen LogP) is 3.72. The van der Waals surface area contributed by atoms with Crippen LogP contribution in [-0.2, 0) is 19.6 Å². The number of nitrogens with one attached hydrogen (secondary N) is 3. The Balaban J connectivity index is 1.29. The summed E-state index contributed by atoms with van der Waals surface area (Å²) in [6.07, 6.45) is 1.01. The normalized spacial score (nSPS) is 12.4. The van der Waals surface area contributed by atoms with Crippen LogP contribution in [0, 0.1) is 0 Å². The average molecular weight is 510 g/mol. The first-order valence-corrected chi connectivity index (χ1v) is 13.0. The van der Waals surface area contributed by atoms with Crippen molar-refractivity contribution >= 4 is 49.5 Å². The summed E-state index contributed by atoms with van der Waals surface area (Å²) < 4.78 is 33.9. The van der Waals surface area contributed by atoms with Crippen LogP contribution in [-0.4, -0.2) is 44.5 Å². The van der Waals surface area contributed by atoms with Gasteiger partial charge in [-0.15, -0.1) is 0 Å². The molecule has 188 valence electrons. The van der Waals surface area contributed by atoms with Crippen molar-refractivity contribution in [2.24, 2.45) is 0 Å². The molecule has 1 amide bonds. The molecular weight excluding hydrogens is 482 g/mol. The van der Waals surface area contributed by atoms with Crippen LogP contribution in [0.3, 0.4) is 0 Å². The van der Waals surface area contributed by atoms with E-state index in [1.807, 2.05) is 48.5 Å². The maximum Gasteiger partial charge on any atom is 0.321 e. The maximum atomic E-state index is 12.9. The van der Waals surface area contributed by atoms with E-state index >= 15 is 0 Å². The van der Waals surface area contributed by atoms with Gasteiger partial charge in [-0.2, -0.15) is 4.72 Å². The molecule has 1 atom stereocenters. The first-order chi connectivity index (χ1) is 17.3. The van der Waals surface area contributed by atoms with Gasteiger partial charge in [-0.3, -0.25) is 9.59 Å². The Morgan fingerprint density at radius 2 is 1.61 bits per heavy atom. The number of furan rings is 1. The molecule has 1 aromatic heterocycles. The van der Waals surface area contributed by atoms with Crippen molar-refractivity contribution in [2.45, 2.75) is 30.2 Å². The molecule has 0 bridgehead atoms. The van der Waals surface area contributed by atoms with Gasteiger partial charge in [-0.05, 0) is 55.7 Å². The lowest BCUT2D eigenvalue weighted by Gasteiger charge is -2.15. The Morgan fingerprint density at radius 3 is 2.39 bits per heavy atom. The molecule has 3 aromatic carbocycles. The third-order valence-corrected chi connectivity index (χ3v) is 7.19. The minimum atomic E-state index is -4.08. The number of hydrogen-bond donors (Lipinski definition) is 4. The van der Waals surface area contributed by atoms with Gasteiger partial charge < -0.3 is 20.2 Å². The Morgan fingerprint density at radius 1 is 0.889 bits per heavy atom. The first kappa shape index (κ1) is 25.2. The number of unbranched alkanes of at least 4 members (excludes halogenated alkanes) is 1. The number of anilines is 1. The topological polar surface area (TPSA) is 138 Å². The number of fused-ring (bicyclic) bond motifs is 3. The molecule has 0 saturated carbocycles. The van der Waals surface area contributed by atoms with Crippen molar-refractivity contribution in [2.75, 3.05) is 18.4 Å². The minimum Gasteiger partial charge on any atom is -0.480 e. The molecule has 0 fully saturated rings. The number of hydrogen-bond acceptors (Lipinski definition) is 6. The van der Waals surface area contributed by atoms with Crippen LogP contribution in [0.1, 0.15) is 19.3 Å². The molecule has 1 heterocycles. The van der Waals surface area contributed by atoms with Gasteiger partial charge in [0.1, 0.15) is 17.2 Å². The van der Waals surface area contributed by atoms with E-state index in [0.29, 0.717) is 35.9 Å². The zero-order chi connectivity index (χ0) is 25.5. The van der Waals surface area contributed by atoms with E-state index in [2.05, 4.69) is 15.4 Å². The number of carboxylic acid groups (broad SMARTS) is 1. The molecule has 0 spiro atoms. The smallest absolute Gasteiger partial charge is 0.321 e. The summed E-state index contributed by atoms with van der Waals surface area (Å²) in [5.41, 5.74) is 2.02. The maximum absolute atomic E-state index is 12.9. The zero-order valence-electron chi connectivity index (χ0n) is 19.4. The molecule has 4 aromatic rings. The lowest BCUT2D eigenvalue weighted by atomic mass is 10.1. The van der Waals surface area contributed by atoms with E-state index in [9.17, 15) is 23.1 Å². The van der Waals surface area contributed by atoms with Crippen molar-refractivity contribution < 1.29 is 27.5 Å². The SMILES string of the molecule is O=C(CNc1ccccc1)NCCCCC(NS(=O)(=O)c1ccc2oc3ccccc3c2c1)C(=O)O. The fourth-order valence-electron chi connectivity index (χ4n) is 3.86. The molecule has 4 rings (SSSR count). The van der Waals surface area contributed by atoms with Gasteiger partial charge in [0, 0.05) is 23.0 Å². The summed E-state index contributed by atoms with van der Waals surface area (Å²) >= 11 is 0. The number of carbonyl (C=O) groups excluding carboxylic acids is 1. The van der Waals surface area contributed by atoms with Crippen molar-refractivity contribution in [1.82, 2.24) is 10.0 Å². The molecule has 0 aliphatic rings. The highest BCUT2D eigenvalue weighted by Crippen LogP contribution is 2.30. The zero-order valence-corrected chi connectivity index (χ0v) is 20.3. The van der Waals surface area contributed by atoms with Crippen LogP contribution in [0.2, 0.25) is 0 Å². The van der Waals surface area contributed by atoms with Gasteiger partial charge in [0.2, 0.25) is 15.9 Å². The summed E-state index contributed by atoms with van der Waals surface area (Å²) in [7, 11) is -4.08. The molecule has 9 nitrogen and oxygen atoms in total. The third kappa shape index (κ3) is 6.21. The molecule has 1 unspecified atom stereocenters. The number of benzene rings is 3. The second kappa shape index (κ2) is 11.2. The quantitative estimate of drug-likeness (QED) is 0.214. The highest BCUT2D eigenvalue weighted by Gasteiger charge is 2.25. The summed E-state index contributed by atoms with van der Waals surface area (Å²) in [6, 6.07) is 19.8. The Kier molecular flexibility index (Phi) is 7.87. The van der Waals surface area contributed by atoms with E-state index < -0.39 is 22.0 Å². The average Bonchev–Trinajstić information content (AvgIpc) is 3.25. The number of sulfonamides is 1. The van der Waals surface area contributed by atoms with Crippen LogP contribution in [0.4, 0.5) is 5.69 Å². The number of rotatable bonds is 12. The number of carboxylic acids is 1. The van der Waals surface area contributed by atoms with Gasteiger partial charge in [0.25, 0.3) is 0 Å². The summed E-state index contributed by atoms with van der Waals surface area (Å²) in [5.74, 6) is -1.44. The van der Waals surface area contributed by atoms with Gasteiger partial charge >= 0.3 is 5.97 Å². The van der Waals surface area contributed by atoms with E-state index in [0.717, 1.165) is 11.1 Å². The molecule has 36 heavy (non-hydrogen) atoms. The second-order valence-electron chi connectivity index (χ2n) is 8.33. The summed E-state index contributed by atoms with van der Waals surface area (Å²) in [4.78, 5) is 23.6. The van der Waals surface area contributed by atoms with Crippen LogP contribution in [0.15, 0.2) is 82.1 Å². The van der Waals surface area contributed by atoms with Crippen molar-refractivity contribution in [3.05, 3.63) is 72.8 Å². The molecular formula is C26H27N3O6S. The van der Waals surface area contributed by atoms with Crippen LogP contribution < -0.4 is 15.4 Å². The fraction of sp³-hybridized carbons (Fsp3) is 0.231. The van der Waals surface area contributed by atoms with Crippen molar-refractivity contribution in [3.63, 3.8) is 0 Å². The first-order valence-electron chi connectivity index (χ1n) is 11.6. The molecule has 0 aliphatic heterocycles. The fourth-order valence-corrected chi connectivity index (χ4v) is 5.11. The van der Waals surface area contributed by atoms with Gasteiger partial charge in [0.15, 0.2) is 0 Å². The number of aliphatic carboxylic acids is 1. The molecule has 0 saturated heterocycles. The Labute approximate surface area is 208 Å². The summed E-state index contributed by atoms with van der Waals surface area (Å²) in [6.45, 7) is 0.483. The second-order valence-corrected chi connectivity index (χ2v) is 10.0. The molecule has 0 aliphatic carbocycles. The van der Waals surface area contributed by atoms with Crippen molar-refractivity contribution in [1.29, 1.82) is 0 Å². The minimum absolute atomic E-state index is 0.0361. The van der Waals surface area contributed by atoms with Crippen LogP contribution in [0.25, 0.3) is 21.9 Å². The number of amides is 1. The lowest BCUT2D eigenvalue weighted by Crippen LogP contribution is -2.40. The third-order valence-electron chi connectivity index (χ3n) is 5.72. The monoisotopic (exact) mass is 509 g/mol. The number of para-hydroxylation sites is 2. The van der Waals surface area contributed by atoms with E-state index in [-0.39, 0.29) is 23.8 Å². The highest BCUT2D eigenvalue weighted by molar-refractivity contribution is 7.89.